The third-order valence-electron chi connectivity index (χ3n) is 5.97. The van der Waals surface area contributed by atoms with E-state index in [-0.39, 0.29) is 11.4 Å². The van der Waals surface area contributed by atoms with Crippen LogP contribution < -0.4 is 5.32 Å². The van der Waals surface area contributed by atoms with Crippen LogP contribution in [0.3, 0.4) is 0 Å². The van der Waals surface area contributed by atoms with Crippen LogP contribution >= 0.6 is 11.8 Å². The Morgan fingerprint density at radius 2 is 1.64 bits per heavy atom. The van der Waals surface area contributed by atoms with Gasteiger partial charge in [0.1, 0.15) is 0 Å². The molecular weight excluding hydrogens is 290 g/mol. The number of thioether (sulfide) groups is 1. The van der Waals surface area contributed by atoms with Gasteiger partial charge in [-0.25, -0.2) is 0 Å². The Morgan fingerprint density at radius 3 is 2.14 bits per heavy atom. The second kappa shape index (κ2) is 5.59. The SMILES string of the molecule is CSc1ccc(CC(=O)NC23CC4CC(CC(C4)C2)C3)cc1. The van der Waals surface area contributed by atoms with Gasteiger partial charge >= 0.3 is 0 Å². The molecule has 1 amide bonds. The minimum Gasteiger partial charge on any atom is -0.350 e. The van der Waals surface area contributed by atoms with Crippen molar-refractivity contribution in [1.29, 1.82) is 0 Å². The van der Waals surface area contributed by atoms with Crippen LogP contribution in [0.4, 0.5) is 0 Å². The van der Waals surface area contributed by atoms with Crippen molar-refractivity contribution < 1.29 is 4.79 Å². The highest BCUT2D eigenvalue weighted by Crippen LogP contribution is 2.55. The Hall–Kier alpha value is -0.960. The Labute approximate surface area is 137 Å². The van der Waals surface area contributed by atoms with Crippen LogP contribution in [0.1, 0.15) is 44.1 Å². The Morgan fingerprint density at radius 1 is 1.09 bits per heavy atom. The van der Waals surface area contributed by atoms with Crippen molar-refractivity contribution in [3.63, 3.8) is 0 Å². The van der Waals surface area contributed by atoms with Gasteiger partial charge in [-0.2, -0.15) is 0 Å². The van der Waals surface area contributed by atoms with Crippen LogP contribution in [0.5, 0.6) is 0 Å². The van der Waals surface area contributed by atoms with Gasteiger partial charge in [0.15, 0.2) is 0 Å². The highest BCUT2D eigenvalue weighted by Gasteiger charge is 2.51. The molecule has 0 heterocycles. The second-order valence-electron chi connectivity index (χ2n) is 7.77. The number of rotatable bonds is 4. The third kappa shape index (κ3) is 2.80. The summed E-state index contributed by atoms with van der Waals surface area (Å²) in [6.07, 6.45) is 10.6. The van der Waals surface area contributed by atoms with Gasteiger partial charge in [0.05, 0.1) is 6.42 Å². The third-order valence-corrected chi connectivity index (χ3v) is 6.71. The average Bonchev–Trinajstić information content (AvgIpc) is 2.45. The summed E-state index contributed by atoms with van der Waals surface area (Å²) in [5.41, 5.74) is 1.27. The van der Waals surface area contributed by atoms with Crippen LogP contribution in [0, 0.1) is 17.8 Å². The standard InChI is InChI=1S/C19H25NOS/c1-22-17-4-2-13(3-5-17)9-18(21)20-19-10-14-6-15(11-19)8-16(7-14)12-19/h2-5,14-16H,6-12H2,1H3,(H,20,21). The van der Waals surface area contributed by atoms with Crippen molar-refractivity contribution in [2.75, 3.05) is 6.26 Å². The molecule has 22 heavy (non-hydrogen) atoms. The van der Waals surface area contributed by atoms with E-state index in [1.165, 1.54) is 43.4 Å². The molecule has 1 aromatic carbocycles. The zero-order chi connectivity index (χ0) is 15.2. The molecule has 118 valence electrons. The predicted molar refractivity (Wildman–Crippen MR) is 91.0 cm³/mol. The molecule has 1 N–H and O–H groups in total. The molecule has 2 nitrogen and oxygen atoms in total. The van der Waals surface area contributed by atoms with Crippen molar-refractivity contribution in [2.45, 2.75) is 55.4 Å². The van der Waals surface area contributed by atoms with Gasteiger partial charge in [0.2, 0.25) is 5.91 Å². The maximum absolute atomic E-state index is 12.5. The van der Waals surface area contributed by atoms with E-state index < -0.39 is 0 Å². The smallest absolute Gasteiger partial charge is 0.224 e. The lowest BCUT2D eigenvalue weighted by Gasteiger charge is -2.56. The first-order valence-corrected chi connectivity index (χ1v) is 9.80. The van der Waals surface area contributed by atoms with E-state index >= 15 is 0 Å². The molecule has 0 spiro atoms. The number of amides is 1. The van der Waals surface area contributed by atoms with E-state index in [0.29, 0.717) is 6.42 Å². The normalized spacial score (nSPS) is 35.6. The monoisotopic (exact) mass is 315 g/mol. The van der Waals surface area contributed by atoms with Gasteiger partial charge in [0, 0.05) is 10.4 Å². The first-order valence-electron chi connectivity index (χ1n) is 8.58. The number of nitrogens with one attached hydrogen (secondary N) is 1. The van der Waals surface area contributed by atoms with Gasteiger partial charge < -0.3 is 5.32 Å². The lowest BCUT2D eigenvalue weighted by atomic mass is 9.53. The zero-order valence-corrected chi connectivity index (χ0v) is 14.1. The Kier molecular flexibility index (Phi) is 3.72. The minimum atomic E-state index is 0.144. The molecule has 0 atom stereocenters. The van der Waals surface area contributed by atoms with Gasteiger partial charge in [-0.3, -0.25) is 4.79 Å². The van der Waals surface area contributed by atoms with E-state index in [0.717, 1.165) is 23.3 Å². The van der Waals surface area contributed by atoms with Gasteiger partial charge in [-0.15, -0.1) is 11.8 Å². The summed E-state index contributed by atoms with van der Waals surface area (Å²) in [5, 5.41) is 3.46. The fourth-order valence-corrected chi connectivity index (χ4v) is 5.94. The lowest BCUT2D eigenvalue weighted by Crippen LogP contribution is -2.60. The number of hydrogen-bond acceptors (Lipinski definition) is 2. The molecule has 0 saturated heterocycles. The van der Waals surface area contributed by atoms with Crippen LogP contribution in [0.25, 0.3) is 0 Å². The van der Waals surface area contributed by atoms with Crippen molar-refractivity contribution >= 4 is 17.7 Å². The molecule has 4 bridgehead atoms. The Bertz CT molecular complexity index is 530. The number of benzene rings is 1. The summed E-state index contributed by atoms with van der Waals surface area (Å²) >= 11 is 1.74. The zero-order valence-electron chi connectivity index (χ0n) is 13.3. The maximum atomic E-state index is 12.5. The number of carbonyl (C=O) groups is 1. The molecular formula is C19H25NOS. The molecule has 1 aromatic rings. The lowest BCUT2D eigenvalue weighted by molar-refractivity contribution is -0.126. The quantitative estimate of drug-likeness (QED) is 0.850. The van der Waals surface area contributed by atoms with Gasteiger partial charge in [-0.1, -0.05) is 12.1 Å². The molecule has 0 aromatic heterocycles. The molecule has 4 fully saturated rings. The van der Waals surface area contributed by atoms with E-state index in [1.54, 1.807) is 11.8 Å². The molecule has 0 unspecified atom stereocenters. The molecule has 4 aliphatic rings. The van der Waals surface area contributed by atoms with Gasteiger partial charge in [-0.05, 0) is 80.2 Å². The van der Waals surface area contributed by atoms with Crippen LogP contribution in [0.2, 0.25) is 0 Å². The maximum Gasteiger partial charge on any atom is 0.224 e. The first kappa shape index (κ1) is 14.6. The summed E-state index contributed by atoms with van der Waals surface area (Å²) in [6, 6.07) is 8.40. The predicted octanol–water partition coefficient (Wildman–Crippen LogP) is 4.04. The number of carbonyl (C=O) groups excluding carboxylic acids is 1. The highest BCUT2D eigenvalue weighted by molar-refractivity contribution is 7.98. The van der Waals surface area contributed by atoms with Gasteiger partial charge in [0.25, 0.3) is 0 Å². The minimum absolute atomic E-state index is 0.144. The van der Waals surface area contributed by atoms with E-state index in [4.69, 9.17) is 0 Å². The summed E-state index contributed by atoms with van der Waals surface area (Å²) in [4.78, 5) is 13.8. The van der Waals surface area contributed by atoms with E-state index in [2.05, 4.69) is 35.8 Å². The van der Waals surface area contributed by atoms with Crippen LogP contribution in [-0.4, -0.2) is 17.7 Å². The van der Waals surface area contributed by atoms with Crippen molar-refractivity contribution in [1.82, 2.24) is 5.32 Å². The molecule has 3 heteroatoms. The molecule has 4 saturated carbocycles. The summed E-state index contributed by atoms with van der Waals surface area (Å²) in [5.74, 6) is 2.87. The fourth-order valence-electron chi connectivity index (χ4n) is 5.53. The van der Waals surface area contributed by atoms with Crippen LogP contribution in [0.15, 0.2) is 29.2 Å². The first-order chi connectivity index (χ1) is 10.6. The number of hydrogen-bond donors (Lipinski definition) is 1. The fraction of sp³-hybridized carbons (Fsp3) is 0.632. The van der Waals surface area contributed by atoms with E-state index in [1.807, 2.05) is 0 Å². The van der Waals surface area contributed by atoms with Crippen molar-refractivity contribution in [3.05, 3.63) is 29.8 Å². The average molecular weight is 315 g/mol. The van der Waals surface area contributed by atoms with Crippen LogP contribution in [-0.2, 0) is 11.2 Å². The largest absolute Gasteiger partial charge is 0.350 e. The summed E-state index contributed by atoms with van der Waals surface area (Å²) < 4.78 is 0. The molecule has 0 radical (unpaired) electrons. The summed E-state index contributed by atoms with van der Waals surface area (Å²) in [6.45, 7) is 0. The Balaban J connectivity index is 1.41. The highest BCUT2D eigenvalue weighted by atomic mass is 32.2. The van der Waals surface area contributed by atoms with Crippen molar-refractivity contribution in [3.8, 4) is 0 Å². The molecule has 0 aliphatic heterocycles. The summed E-state index contributed by atoms with van der Waals surface area (Å²) in [7, 11) is 0. The van der Waals surface area contributed by atoms with Crippen molar-refractivity contribution in [2.24, 2.45) is 17.8 Å². The second-order valence-corrected chi connectivity index (χ2v) is 8.65. The molecule has 5 rings (SSSR count). The van der Waals surface area contributed by atoms with E-state index in [9.17, 15) is 4.79 Å². The molecule has 4 aliphatic carbocycles. The topological polar surface area (TPSA) is 29.1 Å².